The average molecular weight is 322 g/mol. The van der Waals surface area contributed by atoms with E-state index in [1.165, 1.54) is 19.3 Å². The summed E-state index contributed by atoms with van der Waals surface area (Å²) in [7, 11) is 0. The standard InChI is InChI=1S/C16H20BrNO/c17-12-3-1-2-9(7-12)13(19)8-18-16-14-10-4-5-11(6-10)15(14)16/h1-3,7,10-11,13-16,18-19H,4-6,8H2. The summed E-state index contributed by atoms with van der Waals surface area (Å²) in [6.07, 6.45) is 4.01. The van der Waals surface area contributed by atoms with Crippen LogP contribution in [0.1, 0.15) is 30.9 Å². The van der Waals surface area contributed by atoms with Crippen LogP contribution in [0.2, 0.25) is 0 Å². The Labute approximate surface area is 122 Å². The lowest BCUT2D eigenvalue weighted by molar-refractivity contribution is 0.171. The van der Waals surface area contributed by atoms with Crippen molar-refractivity contribution in [3.8, 4) is 0 Å². The van der Waals surface area contributed by atoms with Gasteiger partial charge in [0.2, 0.25) is 0 Å². The lowest BCUT2D eigenvalue weighted by Gasteiger charge is -2.15. The Hall–Kier alpha value is -0.380. The molecular weight excluding hydrogens is 302 g/mol. The first-order valence-corrected chi connectivity index (χ1v) is 8.20. The van der Waals surface area contributed by atoms with Gasteiger partial charge in [0, 0.05) is 17.1 Å². The normalized spacial score (nSPS) is 40.2. The van der Waals surface area contributed by atoms with Crippen LogP contribution in [-0.2, 0) is 0 Å². The average Bonchev–Trinajstić information content (AvgIpc) is 2.79. The largest absolute Gasteiger partial charge is 0.387 e. The van der Waals surface area contributed by atoms with Gasteiger partial charge in [-0.15, -0.1) is 0 Å². The monoisotopic (exact) mass is 321 g/mol. The van der Waals surface area contributed by atoms with Gasteiger partial charge >= 0.3 is 0 Å². The minimum Gasteiger partial charge on any atom is -0.387 e. The summed E-state index contributed by atoms with van der Waals surface area (Å²) in [5.41, 5.74) is 0.996. The summed E-state index contributed by atoms with van der Waals surface area (Å²) < 4.78 is 1.03. The molecule has 0 radical (unpaired) electrons. The number of hydrogen-bond acceptors (Lipinski definition) is 2. The quantitative estimate of drug-likeness (QED) is 0.893. The molecule has 0 aliphatic heterocycles. The molecule has 3 heteroatoms. The number of nitrogens with one attached hydrogen (secondary N) is 1. The third-order valence-corrected chi connectivity index (χ3v) is 6.01. The summed E-state index contributed by atoms with van der Waals surface area (Å²) in [5.74, 6) is 3.87. The molecule has 3 saturated carbocycles. The third-order valence-electron chi connectivity index (χ3n) is 5.52. The number of benzene rings is 1. The fourth-order valence-electron chi connectivity index (χ4n) is 4.68. The van der Waals surface area contributed by atoms with E-state index in [-0.39, 0.29) is 0 Å². The first-order valence-electron chi connectivity index (χ1n) is 7.41. The Balaban J connectivity index is 1.34. The zero-order valence-electron chi connectivity index (χ0n) is 10.9. The van der Waals surface area contributed by atoms with E-state index < -0.39 is 6.10 Å². The van der Waals surface area contributed by atoms with Gasteiger partial charge in [-0.05, 0) is 60.6 Å². The highest BCUT2D eigenvalue weighted by molar-refractivity contribution is 9.10. The van der Waals surface area contributed by atoms with Crippen LogP contribution in [0, 0.1) is 23.7 Å². The predicted octanol–water partition coefficient (Wildman–Crippen LogP) is 3.12. The number of hydrogen-bond donors (Lipinski definition) is 2. The van der Waals surface area contributed by atoms with E-state index in [4.69, 9.17) is 0 Å². The molecule has 2 bridgehead atoms. The molecule has 3 fully saturated rings. The number of fused-ring (bicyclic) bond motifs is 5. The molecule has 2 nitrogen and oxygen atoms in total. The van der Waals surface area contributed by atoms with Gasteiger partial charge in [-0.1, -0.05) is 28.1 Å². The molecule has 5 unspecified atom stereocenters. The van der Waals surface area contributed by atoms with Gasteiger partial charge in [-0.3, -0.25) is 0 Å². The second-order valence-corrected chi connectivity index (χ2v) is 7.41. The first-order chi connectivity index (χ1) is 9.24. The number of halogens is 1. The van der Waals surface area contributed by atoms with Gasteiger partial charge in [-0.2, -0.15) is 0 Å². The first kappa shape index (κ1) is 12.4. The Morgan fingerprint density at radius 2 is 2.00 bits per heavy atom. The van der Waals surface area contributed by atoms with Crippen molar-refractivity contribution in [2.75, 3.05) is 6.54 Å². The van der Waals surface area contributed by atoms with E-state index in [2.05, 4.69) is 21.2 Å². The van der Waals surface area contributed by atoms with Crippen molar-refractivity contribution in [3.05, 3.63) is 34.3 Å². The molecule has 0 amide bonds. The molecule has 19 heavy (non-hydrogen) atoms. The Bertz CT molecular complexity index is 475. The van der Waals surface area contributed by atoms with Crippen LogP contribution in [0.3, 0.4) is 0 Å². The number of aliphatic hydroxyl groups is 1. The topological polar surface area (TPSA) is 32.3 Å². The summed E-state index contributed by atoms with van der Waals surface area (Å²) >= 11 is 3.45. The van der Waals surface area contributed by atoms with Crippen LogP contribution >= 0.6 is 15.9 Å². The van der Waals surface area contributed by atoms with Gasteiger partial charge in [-0.25, -0.2) is 0 Å². The Morgan fingerprint density at radius 1 is 1.26 bits per heavy atom. The van der Waals surface area contributed by atoms with Gasteiger partial charge in [0.1, 0.15) is 0 Å². The fourth-order valence-corrected chi connectivity index (χ4v) is 5.09. The van der Waals surface area contributed by atoms with Crippen molar-refractivity contribution < 1.29 is 5.11 Å². The number of aliphatic hydroxyl groups excluding tert-OH is 1. The molecular formula is C16H20BrNO. The van der Waals surface area contributed by atoms with Crippen LogP contribution in [0.15, 0.2) is 28.7 Å². The van der Waals surface area contributed by atoms with Crippen molar-refractivity contribution in [3.63, 3.8) is 0 Å². The maximum Gasteiger partial charge on any atom is 0.0914 e. The molecule has 0 aromatic heterocycles. The molecule has 102 valence electrons. The van der Waals surface area contributed by atoms with Crippen LogP contribution in [0.25, 0.3) is 0 Å². The van der Waals surface area contributed by atoms with E-state index in [0.29, 0.717) is 12.6 Å². The maximum absolute atomic E-state index is 10.2. The highest BCUT2D eigenvalue weighted by atomic mass is 79.9. The SMILES string of the molecule is OC(CNC1C2C3CCC(C3)C12)c1cccc(Br)c1. The summed E-state index contributed by atoms with van der Waals surface area (Å²) in [6.45, 7) is 0.688. The van der Waals surface area contributed by atoms with Gasteiger partial charge in [0.05, 0.1) is 6.10 Å². The Kier molecular flexibility index (Phi) is 2.98. The lowest BCUT2D eigenvalue weighted by Crippen LogP contribution is -2.27. The minimum absolute atomic E-state index is 0.392. The van der Waals surface area contributed by atoms with Crippen LogP contribution < -0.4 is 5.32 Å². The minimum atomic E-state index is -0.392. The lowest BCUT2D eigenvalue weighted by atomic mass is 10.0. The van der Waals surface area contributed by atoms with Crippen LogP contribution in [0.5, 0.6) is 0 Å². The molecule has 1 aromatic rings. The molecule has 5 atom stereocenters. The van der Waals surface area contributed by atoms with Crippen molar-refractivity contribution in [2.24, 2.45) is 23.7 Å². The van der Waals surface area contributed by atoms with Gasteiger partial charge in [0.25, 0.3) is 0 Å². The molecule has 4 rings (SSSR count). The van der Waals surface area contributed by atoms with E-state index >= 15 is 0 Å². The van der Waals surface area contributed by atoms with Crippen molar-refractivity contribution in [1.82, 2.24) is 5.32 Å². The second-order valence-electron chi connectivity index (χ2n) is 6.49. The summed E-state index contributed by atoms with van der Waals surface area (Å²) in [6, 6.07) is 8.67. The predicted molar refractivity (Wildman–Crippen MR) is 78.7 cm³/mol. The molecule has 3 aliphatic carbocycles. The highest BCUT2D eigenvalue weighted by Crippen LogP contribution is 2.65. The van der Waals surface area contributed by atoms with Gasteiger partial charge in [0.15, 0.2) is 0 Å². The molecule has 3 aliphatic rings. The number of rotatable bonds is 4. The fraction of sp³-hybridized carbons (Fsp3) is 0.625. The smallest absolute Gasteiger partial charge is 0.0914 e. The van der Waals surface area contributed by atoms with Crippen molar-refractivity contribution in [1.29, 1.82) is 0 Å². The molecule has 0 saturated heterocycles. The zero-order chi connectivity index (χ0) is 13.0. The summed E-state index contributed by atoms with van der Waals surface area (Å²) in [4.78, 5) is 0. The van der Waals surface area contributed by atoms with E-state index in [1.54, 1.807) is 0 Å². The van der Waals surface area contributed by atoms with Crippen LogP contribution in [-0.4, -0.2) is 17.7 Å². The van der Waals surface area contributed by atoms with E-state index in [0.717, 1.165) is 33.7 Å². The van der Waals surface area contributed by atoms with Crippen molar-refractivity contribution in [2.45, 2.75) is 31.4 Å². The highest BCUT2D eigenvalue weighted by Gasteiger charge is 2.64. The molecule has 0 heterocycles. The maximum atomic E-state index is 10.2. The molecule has 0 spiro atoms. The van der Waals surface area contributed by atoms with Crippen molar-refractivity contribution >= 4 is 15.9 Å². The zero-order valence-corrected chi connectivity index (χ0v) is 12.5. The van der Waals surface area contributed by atoms with Gasteiger partial charge < -0.3 is 10.4 Å². The second kappa shape index (κ2) is 4.57. The molecule has 1 aromatic carbocycles. The third kappa shape index (κ3) is 2.07. The Morgan fingerprint density at radius 3 is 2.68 bits per heavy atom. The van der Waals surface area contributed by atoms with E-state index in [1.807, 2.05) is 24.3 Å². The van der Waals surface area contributed by atoms with Crippen LogP contribution in [0.4, 0.5) is 0 Å². The van der Waals surface area contributed by atoms with E-state index in [9.17, 15) is 5.11 Å². The molecule has 2 N–H and O–H groups in total. The summed E-state index contributed by atoms with van der Waals surface area (Å²) in [5, 5.41) is 13.9.